The van der Waals surface area contributed by atoms with E-state index in [-0.39, 0.29) is 12.5 Å². The third-order valence-corrected chi connectivity index (χ3v) is 2.50. The molecule has 0 aliphatic heterocycles. The van der Waals surface area contributed by atoms with E-state index in [1.807, 2.05) is 13.8 Å². The van der Waals surface area contributed by atoms with Crippen molar-refractivity contribution in [2.24, 2.45) is 5.92 Å². The SMILES string of the molecule is COc1cccc(C#N)c1NCC(=O)NCC(C)C. The van der Waals surface area contributed by atoms with E-state index in [1.54, 1.807) is 18.2 Å². The number of methoxy groups -OCH3 is 1. The van der Waals surface area contributed by atoms with Gasteiger partial charge in [0.2, 0.25) is 5.91 Å². The molecular formula is C14H19N3O2. The average Bonchev–Trinajstić information content (AvgIpc) is 2.42. The molecule has 19 heavy (non-hydrogen) atoms. The first-order chi connectivity index (χ1) is 9.08. The number of hydrogen-bond donors (Lipinski definition) is 2. The molecule has 0 bridgehead atoms. The number of ether oxygens (including phenoxy) is 1. The number of amides is 1. The average molecular weight is 261 g/mol. The Hall–Kier alpha value is -2.22. The molecule has 0 heterocycles. The minimum atomic E-state index is -0.108. The van der Waals surface area contributed by atoms with Gasteiger partial charge < -0.3 is 15.4 Å². The Labute approximate surface area is 113 Å². The predicted octanol–water partition coefficient (Wildman–Crippen LogP) is 1.75. The summed E-state index contributed by atoms with van der Waals surface area (Å²) in [6.07, 6.45) is 0. The van der Waals surface area contributed by atoms with Crippen molar-refractivity contribution in [3.8, 4) is 11.8 Å². The van der Waals surface area contributed by atoms with Crippen LogP contribution in [0.4, 0.5) is 5.69 Å². The molecule has 5 heteroatoms. The van der Waals surface area contributed by atoms with Crippen molar-refractivity contribution in [3.05, 3.63) is 23.8 Å². The Balaban J connectivity index is 2.67. The second kappa shape index (κ2) is 7.27. The van der Waals surface area contributed by atoms with Gasteiger partial charge in [0.1, 0.15) is 11.8 Å². The molecule has 1 aromatic rings. The van der Waals surface area contributed by atoms with Crippen LogP contribution in [0.2, 0.25) is 0 Å². The number of nitrogens with one attached hydrogen (secondary N) is 2. The molecule has 5 nitrogen and oxygen atoms in total. The summed E-state index contributed by atoms with van der Waals surface area (Å²) in [5.74, 6) is 0.851. The summed E-state index contributed by atoms with van der Waals surface area (Å²) in [4.78, 5) is 11.6. The molecule has 2 N–H and O–H groups in total. The van der Waals surface area contributed by atoms with Crippen LogP contribution >= 0.6 is 0 Å². The van der Waals surface area contributed by atoms with Crippen molar-refractivity contribution >= 4 is 11.6 Å². The fraction of sp³-hybridized carbons (Fsp3) is 0.429. The van der Waals surface area contributed by atoms with Gasteiger partial charge in [0.15, 0.2) is 0 Å². The molecule has 0 aliphatic rings. The van der Waals surface area contributed by atoms with E-state index in [2.05, 4.69) is 16.7 Å². The maximum atomic E-state index is 11.6. The van der Waals surface area contributed by atoms with Crippen LogP contribution < -0.4 is 15.4 Å². The highest BCUT2D eigenvalue weighted by atomic mass is 16.5. The predicted molar refractivity (Wildman–Crippen MR) is 74.0 cm³/mol. The van der Waals surface area contributed by atoms with Crippen LogP contribution in [0.3, 0.4) is 0 Å². The third-order valence-electron chi connectivity index (χ3n) is 2.50. The minimum Gasteiger partial charge on any atom is -0.495 e. The molecule has 1 amide bonds. The number of carbonyl (C=O) groups excluding carboxylic acids is 1. The summed E-state index contributed by atoms with van der Waals surface area (Å²) in [5, 5.41) is 14.8. The van der Waals surface area contributed by atoms with E-state index in [9.17, 15) is 4.79 Å². The van der Waals surface area contributed by atoms with Crippen molar-refractivity contribution in [3.63, 3.8) is 0 Å². The van der Waals surface area contributed by atoms with Gasteiger partial charge in [-0.3, -0.25) is 4.79 Å². The molecule has 1 rings (SSSR count). The highest BCUT2D eigenvalue weighted by Gasteiger charge is 2.10. The van der Waals surface area contributed by atoms with E-state index in [0.29, 0.717) is 29.5 Å². The van der Waals surface area contributed by atoms with Crippen LogP contribution in [0, 0.1) is 17.2 Å². The smallest absolute Gasteiger partial charge is 0.239 e. The van der Waals surface area contributed by atoms with Gasteiger partial charge >= 0.3 is 0 Å². The largest absolute Gasteiger partial charge is 0.495 e. The van der Waals surface area contributed by atoms with Crippen LogP contribution in [0.1, 0.15) is 19.4 Å². The molecule has 0 fully saturated rings. The highest BCUT2D eigenvalue weighted by Crippen LogP contribution is 2.27. The van der Waals surface area contributed by atoms with Gasteiger partial charge in [-0.15, -0.1) is 0 Å². The number of nitriles is 1. The summed E-state index contributed by atoms with van der Waals surface area (Å²) >= 11 is 0. The zero-order valence-corrected chi connectivity index (χ0v) is 11.5. The van der Waals surface area contributed by atoms with Gasteiger partial charge in [-0.2, -0.15) is 5.26 Å². The van der Waals surface area contributed by atoms with Crippen molar-refractivity contribution < 1.29 is 9.53 Å². The molecule has 0 spiro atoms. The van der Waals surface area contributed by atoms with E-state index < -0.39 is 0 Å². The molecule has 0 aromatic heterocycles. The van der Waals surface area contributed by atoms with Crippen LogP contribution in [0.15, 0.2) is 18.2 Å². The third kappa shape index (κ3) is 4.51. The summed E-state index contributed by atoms with van der Waals surface area (Å²) in [6, 6.07) is 7.23. The standard InChI is InChI=1S/C14H19N3O2/c1-10(2)8-16-13(18)9-17-14-11(7-15)5-4-6-12(14)19-3/h4-6,10,17H,8-9H2,1-3H3,(H,16,18). The first-order valence-electron chi connectivity index (χ1n) is 6.16. The first-order valence-corrected chi connectivity index (χ1v) is 6.16. The summed E-state index contributed by atoms with van der Waals surface area (Å²) in [5.41, 5.74) is 1.00. The summed E-state index contributed by atoms with van der Waals surface area (Å²) < 4.78 is 5.17. The molecule has 0 saturated carbocycles. The molecule has 1 aromatic carbocycles. The van der Waals surface area contributed by atoms with Crippen LogP contribution in [0.5, 0.6) is 5.75 Å². The molecule has 0 atom stereocenters. The fourth-order valence-electron chi connectivity index (χ4n) is 1.53. The zero-order valence-electron chi connectivity index (χ0n) is 11.5. The number of carbonyl (C=O) groups is 1. The Morgan fingerprint density at radius 1 is 1.47 bits per heavy atom. The van der Waals surface area contributed by atoms with Crippen molar-refractivity contribution in [2.75, 3.05) is 25.5 Å². The molecule has 0 aliphatic carbocycles. The van der Waals surface area contributed by atoms with Crippen molar-refractivity contribution in [2.45, 2.75) is 13.8 Å². The Bertz CT molecular complexity index is 478. The topological polar surface area (TPSA) is 74.1 Å². The summed E-state index contributed by atoms with van der Waals surface area (Å²) in [6.45, 7) is 4.81. The molecule has 0 saturated heterocycles. The number of hydrogen-bond acceptors (Lipinski definition) is 4. The van der Waals surface area contributed by atoms with Gasteiger partial charge in [0, 0.05) is 6.54 Å². The van der Waals surface area contributed by atoms with Gasteiger partial charge in [0.05, 0.1) is 24.9 Å². The van der Waals surface area contributed by atoms with Crippen molar-refractivity contribution in [1.29, 1.82) is 5.26 Å². The van der Waals surface area contributed by atoms with E-state index >= 15 is 0 Å². The van der Waals surface area contributed by atoms with E-state index in [4.69, 9.17) is 10.00 Å². The second-order valence-electron chi connectivity index (χ2n) is 4.55. The van der Waals surface area contributed by atoms with Crippen LogP contribution in [0.25, 0.3) is 0 Å². The highest BCUT2D eigenvalue weighted by molar-refractivity contribution is 5.82. The lowest BCUT2D eigenvalue weighted by Crippen LogP contribution is -2.32. The number of rotatable bonds is 6. The Morgan fingerprint density at radius 2 is 2.21 bits per heavy atom. The van der Waals surface area contributed by atoms with Crippen LogP contribution in [-0.4, -0.2) is 26.1 Å². The fourth-order valence-corrected chi connectivity index (χ4v) is 1.53. The van der Waals surface area contributed by atoms with Gasteiger partial charge in [-0.25, -0.2) is 0 Å². The lowest BCUT2D eigenvalue weighted by atomic mass is 10.1. The first kappa shape index (κ1) is 14.8. The summed E-state index contributed by atoms with van der Waals surface area (Å²) in [7, 11) is 1.53. The minimum absolute atomic E-state index is 0.108. The van der Waals surface area contributed by atoms with E-state index in [1.165, 1.54) is 7.11 Å². The Morgan fingerprint density at radius 3 is 2.79 bits per heavy atom. The lowest BCUT2D eigenvalue weighted by molar-refractivity contribution is -0.119. The zero-order chi connectivity index (χ0) is 14.3. The molecular weight excluding hydrogens is 242 g/mol. The quantitative estimate of drug-likeness (QED) is 0.818. The number of nitrogens with zero attached hydrogens (tertiary/aromatic N) is 1. The van der Waals surface area contributed by atoms with E-state index in [0.717, 1.165) is 0 Å². The second-order valence-corrected chi connectivity index (χ2v) is 4.55. The number of para-hydroxylation sites is 1. The lowest BCUT2D eigenvalue weighted by Gasteiger charge is -2.13. The van der Waals surface area contributed by atoms with Crippen molar-refractivity contribution in [1.82, 2.24) is 5.32 Å². The molecule has 0 unspecified atom stereocenters. The maximum absolute atomic E-state index is 11.6. The number of anilines is 1. The normalized spacial score (nSPS) is 9.84. The number of benzene rings is 1. The van der Waals surface area contributed by atoms with Gasteiger partial charge in [0.25, 0.3) is 0 Å². The monoisotopic (exact) mass is 261 g/mol. The molecule has 102 valence electrons. The maximum Gasteiger partial charge on any atom is 0.239 e. The van der Waals surface area contributed by atoms with Gasteiger partial charge in [-0.1, -0.05) is 19.9 Å². The Kier molecular flexibility index (Phi) is 5.68. The van der Waals surface area contributed by atoms with Crippen LogP contribution in [-0.2, 0) is 4.79 Å². The molecule has 0 radical (unpaired) electrons. The van der Waals surface area contributed by atoms with Gasteiger partial charge in [-0.05, 0) is 18.1 Å².